The maximum Gasteiger partial charge on any atom is 0.251 e. The number of carbonyl (C=O) groups is 1. The van der Waals surface area contributed by atoms with Crippen molar-refractivity contribution in [2.45, 2.75) is 30.6 Å². The fraction of sp³-hybridized carbons (Fsp3) is 0.600. The molecule has 18 heavy (non-hydrogen) atoms. The van der Waals surface area contributed by atoms with Gasteiger partial charge < -0.3 is 31.2 Å². The van der Waals surface area contributed by atoms with E-state index in [2.05, 4.69) is 0 Å². The summed E-state index contributed by atoms with van der Waals surface area (Å²) >= 11 is 0. The van der Waals surface area contributed by atoms with Crippen molar-refractivity contribution in [3.8, 4) is 0 Å². The van der Waals surface area contributed by atoms with E-state index in [0.717, 1.165) is 4.90 Å². The van der Waals surface area contributed by atoms with E-state index in [-0.39, 0.29) is 5.71 Å². The Bertz CT molecular complexity index is 399. The second-order valence-corrected chi connectivity index (χ2v) is 4.22. The summed E-state index contributed by atoms with van der Waals surface area (Å²) in [4.78, 5) is 12.9. The van der Waals surface area contributed by atoms with Gasteiger partial charge in [0.1, 0.15) is 24.4 Å². The second-order valence-electron chi connectivity index (χ2n) is 4.22. The maximum absolute atomic E-state index is 11.8. The largest absolute Gasteiger partial charge is 0.394 e. The van der Waals surface area contributed by atoms with Crippen LogP contribution >= 0.6 is 0 Å². The lowest BCUT2D eigenvalue weighted by atomic mass is 10.1. The molecule has 100 valence electrons. The minimum atomic E-state index is -1.34. The molecule has 5 atom stereocenters. The third-order valence-corrected chi connectivity index (χ3v) is 3.06. The first-order chi connectivity index (χ1) is 8.47. The molecular formula is C10H15N3O5. The van der Waals surface area contributed by atoms with Crippen molar-refractivity contribution in [1.82, 2.24) is 4.90 Å². The van der Waals surface area contributed by atoms with Crippen LogP contribution in [0.25, 0.3) is 0 Å². The van der Waals surface area contributed by atoms with Crippen LogP contribution in [0.3, 0.4) is 0 Å². The van der Waals surface area contributed by atoms with Crippen molar-refractivity contribution in [1.29, 1.82) is 5.41 Å². The molecule has 0 aromatic heterocycles. The van der Waals surface area contributed by atoms with Gasteiger partial charge in [-0.15, -0.1) is 0 Å². The molecule has 8 heteroatoms. The van der Waals surface area contributed by atoms with Gasteiger partial charge in [-0.2, -0.15) is 0 Å². The minimum absolute atomic E-state index is 0.0389. The van der Waals surface area contributed by atoms with Gasteiger partial charge in [0.15, 0.2) is 6.23 Å². The smallest absolute Gasteiger partial charge is 0.251 e. The van der Waals surface area contributed by atoms with Crippen molar-refractivity contribution in [2.75, 3.05) is 6.61 Å². The molecule has 2 heterocycles. The van der Waals surface area contributed by atoms with E-state index >= 15 is 0 Å². The summed E-state index contributed by atoms with van der Waals surface area (Å²) in [6.07, 6.45) is -2.09. The Morgan fingerprint density at radius 3 is 2.67 bits per heavy atom. The molecule has 0 spiro atoms. The van der Waals surface area contributed by atoms with Crippen LogP contribution in [0.1, 0.15) is 0 Å². The third-order valence-electron chi connectivity index (χ3n) is 3.06. The molecule has 0 aromatic rings. The van der Waals surface area contributed by atoms with Crippen molar-refractivity contribution in [3.63, 3.8) is 0 Å². The number of aliphatic hydroxyl groups excluding tert-OH is 3. The van der Waals surface area contributed by atoms with Gasteiger partial charge in [-0.25, -0.2) is 0 Å². The zero-order valence-corrected chi connectivity index (χ0v) is 9.43. The average Bonchev–Trinajstić information content (AvgIpc) is 2.64. The van der Waals surface area contributed by atoms with E-state index in [1.165, 1.54) is 12.3 Å². The molecule has 8 nitrogen and oxygen atoms in total. The van der Waals surface area contributed by atoms with Crippen molar-refractivity contribution >= 4 is 11.6 Å². The number of amides is 1. The van der Waals surface area contributed by atoms with Gasteiger partial charge in [0.25, 0.3) is 5.91 Å². The van der Waals surface area contributed by atoms with E-state index in [9.17, 15) is 15.0 Å². The number of aliphatic hydroxyl groups is 3. The zero-order chi connectivity index (χ0) is 13.4. The molecule has 2 unspecified atom stereocenters. The monoisotopic (exact) mass is 257 g/mol. The average molecular weight is 257 g/mol. The van der Waals surface area contributed by atoms with E-state index in [1.54, 1.807) is 0 Å². The van der Waals surface area contributed by atoms with Crippen LogP contribution in [0, 0.1) is 5.41 Å². The Kier molecular flexibility index (Phi) is 3.46. The Hall–Kier alpha value is -1.32. The number of hydrogen-bond acceptors (Lipinski definition) is 7. The van der Waals surface area contributed by atoms with Crippen molar-refractivity contribution in [3.05, 3.63) is 12.3 Å². The molecule has 6 N–H and O–H groups in total. The van der Waals surface area contributed by atoms with Crippen LogP contribution in [-0.2, 0) is 9.53 Å². The van der Waals surface area contributed by atoms with E-state index in [1.807, 2.05) is 0 Å². The van der Waals surface area contributed by atoms with Gasteiger partial charge in [0.2, 0.25) is 0 Å². The summed E-state index contributed by atoms with van der Waals surface area (Å²) in [5.74, 6) is -0.600. The van der Waals surface area contributed by atoms with E-state index < -0.39 is 43.1 Å². The molecule has 0 aromatic carbocycles. The SMILES string of the molecule is N=C1C=CN([C@@H]2O[C@H](CO)[C@H](O)C2O)C(=O)C1N. The molecule has 0 radical (unpaired) electrons. The molecule has 1 saturated heterocycles. The number of nitrogens with two attached hydrogens (primary N) is 1. The first-order valence-electron chi connectivity index (χ1n) is 5.44. The van der Waals surface area contributed by atoms with Crippen molar-refractivity contribution in [2.24, 2.45) is 5.73 Å². The summed E-state index contributed by atoms with van der Waals surface area (Å²) in [7, 11) is 0. The lowest BCUT2D eigenvalue weighted by Gasteiger charge is -2.31. The van der Waals surface area contributed by atoms with Crippen LogP contribution < -0.4 is 5.73 Å². The lowest BCUT2D eigenvalue weighted by molar-refractivity contribution is -0.146. The second kappa shape index (κ2) is 4.75. The highest BCUT2D eigenvalue weighted by Crippen LogP contribution is 2.25. The fourth-order valence-corrected chi connectivity index (χ4v) is 1.95. The predicted octanol–water partition coefficient (Wildman–Crippen LogP) is -2.87. The number of nitrogens with one attached hydrogen (secondary N) is 1. The molecular weight excluding hydrogens is 242 g/mol. The van der Waals surface area contributed by atoms with Gasteiger partial charge >= 0.3 is 0 Å². The van der Waals surface area contributed by atoms with Gasteiger partial charge in [-0.1, -0.05) is 0 Å². The number of nitrogens with zero attached hydrogens (tertiary/aromatic N) is 1. The summed E-state index contributed by atoms with van der Waals surface area (Å²) in [5, 5.41) is 35.7. The summed E-state index contributed by atoms with van der Waals surface area (Å²) in [6, 6.07) is -1.11. The number of rotatable bonds is 2. The molecule has 0 aliphatic carbocycles. The van der Waals surface area contributed by atoms with Gasteiger partial charge in [0.05, 0.1) is 12.3 Å². The van der Waals surface area contributed by atoms with Crippen LogP contribution in [0.2, 0.25) is 0 Å². The first-order valence-corrected chi connectivity index (χ1v) is 5.44. The lowest BCUT2D eigenvalue weighted by Crippen LogP contribution is -2.54. The summed E-state index contributed by atoms with van der Waals surface area (Å²) in [6.45, 7) is -0.470. The van der Waals surface area contributed by atoms with Gasteiger partial charge in [-0.3, -0.25) is 9.69 Å². The summed E-state index contributed by atoms with van der Waals surface area (Å²) < 4.78 is 5.21. The minimum Gasteiger partial charge on any atom is -0.394 e. The standard InChI is InChI=1S/C10H15N3O5/c11-4-1-2-13(9(17)6(4)12)10-8(16)7(15)5(3-14)18-10/h1-2,5-8,10-11,14-16H,3,12H2/t5-,6?,7+,8?,10-/m1/s1. The maximum atomic E-state index is 11.8. The number of carbonyl (C=O) groups excluding carboxylic acids is 1. The molecule has 1 fully saturated rings. The first kappa shape index (κ1) is 13.1. The van der Waals surface area contributed by atoms with Crippen LogP contribution in [0.15, 0.2) is 12.3 Å². The van der Waals surface area contributed by atoms with E-state index in [4.69, 9.17) is 21.0 Å². The number of hydrogen-bond donors (Lipinski definition) is 5. The quantitative estimate of drug-likeness (QED) is 0.360. The van der Waals surface area contributed by atoms with Crippen LogP contribution in [0.4, 0.5) is 0 Å². The molecule has 0 bridgehead atoms. The Labute approximate surface area is 103 Å². The highest BCUT2D eigenvalue weighted by atomic mass is 16.6. The topological polar surface area (TPSA) is 140 Å². The molecule has 2 rings (SSSR count). The van der Waals surface area contributed by atoms with Crippen molar-refractivity contribution < 1.29 is 24.9 Å². The molecule has 0 saturated carbocycles. The third kappa shape index (κ3) is 1.93. The van der Waals surface area contributed by atoms with Crippen LogP contribution in [0.5, 0.6) is 0 Å². The highest BCUT2D eigenvalue weighted by molar-refractivity contribution is 6.14. The van der Waals surface area contributed by atoms with Gasteiger partial charge in [-0.05, 0) is 6.08 Å². The normalized spacial score (nSPS) is 40.7. The van der Waals surface area contributed by atoms with E-state index in [0.29, 0.717) is 0 Å². The Balaban J connectivity index is 2.20. The summed E-state index contributed by atoms with van der Waals surface area (Å²) in [5.41, 5.74) is 5.47. The van der Waals surface area contributed by atoms with Gasteiger partial charge in [0, 0.05) is 6.20 Å². The van der Waals surface area contributed by atoms with Crippen LogP contribution in [-0.4, -0.2) is 69.0 Å². The fourth-order valence-electron chi connectivity index (χ4n) is 1.95. The molecule has 1 amide bonds. The Morgan fingerprint density at radius 1 is 1.44 bits per heavy atom. The Morgan fingerprint density at radius 2 is 2.11 bits per heavy atom. The molecule has 2 aliphatic heterocycles. The molecule has 2 aliphatic rings. The number of ether oxygens (including phenoxy) is 1. The predicted molar refractivity (Wildman–Crippen MR) is 59.4 cm³/mol. The highest BCUT2D eigenvalue weighted by Gasteiger charge is 2.47. The zero-order valence-electron chi connectivity index (χ0n) is 9.43.